The Hall–Kier alpha value is -2.81. The molecule has 3 aromatic rings. The second-order valence-electron chi connectivity index (χ2n) is 6.29. The standard InChI is InChI=1S/C17H20N8S/c1-10(2)25-7-4-11-8-12(21-9-13(11)25)14-22-17(26-24-14)23-16-15(18-3)19-5-6-20-16/h5-6,8-10H,4,7H2,1-3H3,(H,18,19)(H,20,22,23,24). The van der Waals surface area contributed by atoms with E-state index in [1.54, 1.807) is 19.4 Å². The molecule has 9 heteroatoms. The van der Waals surface area contributed by atoms with Crippen molar-refractivity contribution in [2.45, 2.75) is 26.3 Å². The maximum atomic E-state index is 4.58. The van der Waals surface area contributed by atoms with Gasteiger partial charge in [-0.15, -0.1) is 0 Å². The minimum Gasteiger partial charge on any atom is -0.370 e. The van der Waals surface area contributed by atoms with E-state index < -0.39 is 0 Å². The zero-order valence-electron chi connectivity index (χ0n) is 14.9. The average molecular weight is 368 g/mol. The Kier molecular flexibility index (Phi) is 4.37. The van der Waals surface area contributed by atoms with Crippen molar-refractivity contribution >= 4 is 34.0 Å². The van der Waals surface area contributed by atoms with E-state index in [0.29, 0.717) is 28.6 Å². The van der Waals surface area contributed by atoms with Gasteiger partial charge in [-0.05, 0) is 31.9 Å². The number of hydrogen-bond donors (Lipinski definition) is 2. The van der Waals surface area contributed by atoms with Crippen LogP contribution < -0.4 is 15.5 Å². The highest BCUT2D eigenvalue weighted by molar-refractivity contribution is 7.09. The summed E-state index contributed by atoms with van der Waals surface area (Å²) in [5, 5.41) is 6.82. The maximum absolute atomic E-state index is 4.58. The summed E-state index contributed by atoms with van der Waals surface area (Å²) in [4.78, 5) is 20.0. The predicted octanol–water partition coefficient (Wildman–Crippen LogP) is 2.95. The first-order valence-corrected chi connectivity index (χ1v) is 9.28. The Morgan fingerprint density at radius 2 is 1.96 bits per heavy atom. The Labute approximate surface area is 155 Å². The summed E-state index contributed by atoms with van der Waals surface area (Å²) < 4.78 is 4.44. The molecule has 0 saturated carbocycles. The monoisotopic (exact) mass is 368 g/mol. The normalized spacial score (nSPS) is 13.2. The highest BCUT2D eigenvalue weighted by Gasteiger charge is 2.23. The molecule has 0 spiro atoms. The van der Waals surface area contributed by atoms with Crippen LogP contribution in [0.2, 0.25) is 0 Å². The van der Waals surface area contributed by atoms with Crippen LogP contribution in [0.15, 0.2) is 24.7 Å². The number of pyridine rings is 1. The molecule has 0 aliphatic carbocycles. The topological polar surface area (TPSA) is 91.8 Å². The second kappa shape index (κ2) is 6.83. The van der Waals surface area contributed by atoms with Crippen LogP contribution in [0.5, 0.6) is 0 Å². The van der Waals surface area contributed by atoms with Crippen LogP contribution >= 0.6 is 11.5 Å². The van der Waals surface area contributed by atoms with Gasteiger partial charge >= 0.3 is 0 Å². The molecule has 0 amide bonds. The van der Waals surface area contributed by atoms with Gasteiger partial charge in [0.2, 0.25) is 5.13 Å². The Balaban J connectivity index is 1.57. The molecule has 0 aromatic carbocycles. The molecule has 8 nitrogen and oxygen atoms in total. The zero-order valence-corrected chi connectivity index (χ0v) is 15.7. The second-order valence-corrected chi connectivity index (χ2v) is 7.04. The fraction of sp³-hybridized carbons (Fsp3) is 0.353. The van der Waals surface area contributed by atoms with Gasteiger partial charge in [-0.2, -0.15) is 9.36 Å². The number of fused-ring (bicyclic) bond motifs is 1. The molecule has 0 unspecified atom stereocenters. The molecule has 2 N–H and O–H groups in total. The summed E-state index contributed by atoms with van der Waals surface area (Å²) in [5.74, 6) is 1.90. The lowest BCUT2D eigenvalue weighted by molar-refractivity contribution is 0.709. The van der Waals surface area contributed by atoms with Crippen LogP contribution in [0.1, 0.15) is 19.4 Å². The summed E-state index contributed by atoms with van der Waals surface area (Å²) in [6, 6.07) is 2.58. The largest absolute Gasteiger partial charge is 0.370 e. The molecule has 26 heavy (non-hydrogen) atoms. The fourth-order valence-electron chi connectivity index (χ4n) is 3.06. The zero-order chi connectivity index (χ0) is 18.1. The lowest BCUT2D eigenvalue weighted by Crippen LogP contribution is -2.28. The van der Waals surface area contributed by atoms with E-state index in [2.05, 4.69) is 59.8 Å². The molecule has 3 aromatic heterocycles. The van der Waals surface area contributed by atoms with Crippen molar-refractivity contribution in [3.63, 3.8) is 0 Å². The van der Waals surface area contributed by atoms with E-state index in [9.17, 15) is 0 Å². The van der Waals surface area contributed by atoms with Crippen molar-refractivity contribution in [1.29, 1.82) is 0 Å². The number of rotatable bonds is 5. The van der Waals surface area contributed by atoms with E-state index in [0.717, 1.165) is 18.7 Å². The molecular formula is C17H20N8S. The number of hydrogen-bond acceptors (Lipinski definition) is 9. The smallest absolute Gasteiger partial charge is 0.208 e. The van der Waals surface area contributed by atoms with Crippen LogP contribution in [-0.4, -0.2) is 43.9 Å². The van der Waals surface area contributed by atoms with Crippen molar-refractivity contribution in [2.75, 3.05) is 29.1 Å². The van der Waals surface area contributed by atoms with Gasteiger partial charge in [-0.1, -0.05) is 0 Å². The summed E-state index contributed by atoms with van der Waals surface area (Å²) in [5.41, 5.74) is 3.32. The minimum absolute atomic E-state index is 0.477. The van der Waals surface area contributed by atoms with Crippen LogP contribution in [-0.2, 0) is 6.42 Å². The quantitative estimate of drug-likeness (QED) is 0.710. The average Bonchev–Trinajstić information content (AvgIpc) is 3.28. The molecule has 4 heterocycles. The highest BCUT2D eigenvalue weighted by atomic mass is 32.1. The fourth-order valence-corrected chi connectivity index (χ4v) is 3.64. The molecule has 4 rings (SSSR count). The molecular weight excluding hydrogens is 348 g/mol. The summed E-state index contributed by atoms with van der Waals surface area (Å²) in [6.45, 7) is 5.44. The van der Waals surface area contributed by atoms with Gasteiger partial charge < -0.3 is 15.5 Å². The third-order valence-corrected chi connectivity index (χ3v) is 4.97. The van der Waals surface area contributed by atoms with Crippen LogP contribution in [0.3, 0.4) is 0 Å². The maximum Gasteiger partial charge on any atom is 0.208 e. The van der Waals surface area contributed by atoms with E-state index in [1.165, 1.54) is 22.8 Å². The lowest BCUT2D eigenvalue weighted by Gasteiger charge is -2.23. The van der Waals surface area contributed by atoms with Crippen LogP contribution in [0.25, 0.3) is 11.5 Å². The van der Waals surface area contributed by atoms with E-state index in [1.807, 2.05) is 6.20 Å². The summed E-state index contributed by atoms with van der Waals surface area (Å²) >= 11 is 1.28. The number of nitrogens with zero attached hydrogens (tertiary/aromatic N) is 6. The molecule has 0 bridgehead atoms. The number of anilines is 4. The molecule has 0 fully saturated rings. The third-order valence-electron chi connectivity index (χ3n) is 4.34. The minimum atomic E-state index is 0.477. The first kappa shape index (κ1) is 16.6. The van der Waals surface area contributed by atoms with Gasteiger partial charge in [-0.25, -0.2) is 9.97 Å². The van der Waals surface area contributed by atoms with Crippen LogP contribution in [0.4, 0.5) is 22.5 Å². The first-order valence-electron chi connectivity index (χ1n) is 8.51. The van der Waals surface area contributed by atoms with E-state index >= 15 is 0 Å². The Morgan fingerprint density at radius 3 is 2.73 bits per heavy atom. The van der Waals surface area contributed by atoms with Gasteiger partial charge in [-0.3, -0.25) is 4.98 Å². The van der Waals surface area contributed by atoms with Gasteiger partial charge in [0, 0.05) is 43.6 Å². The van der Waals surface area contributed by atoms with Crippen molar-refractivity contribution < 1.29 is 0 Å². The van der Waals surface area contributed by atoms with Crippen molar-refractivity contribution in [2.24, 2.45) is 0 Å². The molecule has 1 aliphatic heterocycles. The van der Waals surface area contributed by atoms with Gasteiger partial charge in [0.1, 0.15) is 5.69 Å². The first-order chi connectivity index (χ1) is 12.7. The highest BCUT2D eigenvalue weighted by Crippen LogP contribution is 2.32. The SMILES string of the molecule is CNc1nccnc1Nc1nc(-c2cc3c(cn2)N(C(C)C)CC3)ns1. The van der Waals surface area contributed by atoms with E-state index in [-0.39, 0.29) is 0 Å². The van der Waals surface area contributed by atoms with Crippen molar-refractivity contribution in [3.05, 3.63) is 30.2 Å². The number of aromatic nitrogens is 5. The van der Waals surface area contributed by atoms with Crippen molar-refractivity contribution in [3.8, 4) is 11.5 Å². The lowest BCUT2D eigenvalue weighted by atomic mass is 10.2. The van der Waals surface area contributed by atoms with Gasteiger partial charge in [0.05, 0.1) is 11.9 Å². The molecule has 0 radical (unpaired) electrons. The number of nitrogens with one attached hydrogen (secondary N) is 2. The Bertz CT molecular complexity index is 923. The Morgan fingerprint density at radius 1 is 1.15 bits per heavy atom. The molecule has 134 valence electrons. The summed E-state index contributed by atoms with van der Waals surface area (Å²) in [7, 11) is 1.80. The van der Waals surface area contributed by atoms with Crippen molar-refractivity contribution in [1.82, 2.24) is 24.3 Å². The van der Waals surface area contributed by atoms with E-state index in [4.69, 9.17) is 0 Å². The van der Waals surface area contributed by atoms with Gasteiger partial charge in [0.15, 0.2) is 17.5 Å². The molecule has 1 aliphatic rings. The molecule has 0 saturated heterocycles. The summed E-state index contributed by atoms with van der Waals surface area (Å²) in [6.07, 6.45) is 6.24. The van der Waals surface area contributed by atoms with Crippen LogP contribution in [0, 0.1) is 0 Å². The predicted molar refractivity (Wildman–Crippen MR) is 104 cm³/mol. The third kappa shape index (κ3) is 3.05. The molecule has 0 atom stereocenters. The van der Waals surface area contributed by atoms with Gasteiger partial charge in [0.25, 0.3) is 0 Å².